The molecule has 0 spiro atoms. The van der Waals surface area contributed by atoms with Crippen molar-refractivity contribution in [3.05, 3.63) is 60.7 Å². The summed E-state index contributed by atoms with van der Waals surface area (Å²) in [6, 6.07) is 18.4. The smallest absolute Gasteiger partial charge is 0.224 e. The summed E-state index contributed by atoms with van der Waals surface area (Å²) in [4.78, 5) is 0. The van der Waals surface area contributed by atoms with Crippen molar-refractivity contribution in [3.63, 3.8) is 0 Å². The Kier molecular flexibility index (Phi) is 12.7. The standard InChI is InChI=1S/C27H36O12P2S2/c28-20-11-30-17-25(33-13-20)37-40(42,23-7-3-1-4-8-23)36-22-15-32-19-27(35-16-22)39-41(43,24-9-5-2-6-10-24)38-26-18-31-12-21(29)14-34-26/h1-10,20-22,25-29H,11-19H2/t20?,21?,22?,25-,26+,27-,40?,41?/m1/s1. The van der Waals surface area contributed by atoms with Crippen LogP contribution in [0.15, 0.2) is 60.7 Å². The molecule has 3 aliphatic heterocycles. The lowest BCUT2D eigenvalue weighted by molar-refractivity contribution is -0.128. The molecule has 16 heteroatoms. The van der Waals surface area contributed by atoms with Crippen LogP contribution in [0, 0.1) is 0 Å². The van der Waals surface area contributed by atoms with E-state index < -0.39 is 50.2 Å². The Morgan fingerprint density at radius 1 is 0.512 bits per heavy atom. The third-order valence-corrected chi connectivity index (χ3v) is 12.6. The molecule has 5 unspecified atom stereocenters. The van der Waals surface area contributed by atoms with Crippen molar-refractivity contribution in [1.29, 1.82) is 0 Å². The zero-order valence-electron chi connectivity index (χ0n) is 23.3. The van der Waals surface area contributed by atoms with Gasteiger partial charge < -0.3 is 43.2 Å². The minimum atomic E-state index is -3.20. The lowest BCUT2D eigenvalue weighted by Crippen LogP contribution is -2.30. The SMILES string of the molecule is OC1COC[C@@H](OP(=S)(OC2COC[C@@H](OP(=S)(O[C@H]3COCC(O)CO3)c3ccccc3)OC2)c2ccccc2)OC1. The molecule has 0 aromatic heterocycles. The van der Waals surface area contributed by atoms with Gasteiger partial charge in [0.2, 0.25) is 13.0 Å². The van der Waals surface area contributed by atoms with E-state index in [2.05, 4.69) is 0 Å². The van der Waals surface area contributed by atoms with Gasteiger partial charge in [-0.1, -0.05) is 36.4 Å². The highest BCUT2D eigenvalue weighted by atomic mass is 32.5. The summed E-state index contributed by atoms with van der Waals surface area (Å²) in [5, 5.41) is 21.1. The van der Waals surface area contributed by atoms with Crippen LogP contribution in [-0.2, 0) is 70.1 Å². The summed E-state index contributed by atoms with van der Waals surface area (Å²) in [6.45, 7) is -5.51. The third kappa shape index (κ3) is 9.87. The van der Waals surface area contributed by atoms with Gasteiger partial charge in [0.15, 0.2) is 18.9 Å². The molecule has 3 fully saturated rings. The molecule has 2 N–H and O–H groups in total. The maximum absolute atomic E-state index is 9.87. The van der Waals surface area contributed by atoms with Gasteiger partial charge in [-0.2, -0.15) is 0 Å². The molecule has 12 nitrogen and oxygen atoms in total. The van der Waals surface area contributed by atoms with E-state index in [1.54, 1.807) is 0 Å². The summed E-state index contributed by atoms with van der Waals surface area (Å²) >= 11 is 12.0. The highest BCUT2D eigenvalue weighted by Gasteiger charge is 2.36. The van der Waals surface area contributed by atoms with Gasteiger partial charge in [-0.25, -0.2) is 0 Å². The molecule has 43 heavy (non-hydrogen) atoms. The van der Waals surface area contributed by atoms with Gasteiger partial charge in [0.05, 0.1) is 59.5 Å². The molecule has 0 bridgehead atoms. The lowest BCUT2D eigenvalue weighted by atomic mass is 10.4. The average molecular weight is 679 g/mol. The first-order chi connectivity index (χ1) is 20.8. The number of hydrogen-bond donors (Lipinski definition) is 2. The highest BCUT2D eigenvalue weighted by molar-refractivity contribution is 8.13. The number of hydrogen-bond acceptors (Lipinski definition) is 14. The number of benzene rings is 2. The largest absolute Gasteiger partial charge is 0.388 e. The molecule has 0 aliphatic carbocycles. The average Bonchev–Trinajstić information content (AvgIpc) is 3.45. The van der Waals surface area contributed by atoms with Crippen LogP contribution in [-0.4, -0.2) is 107 Å². The van der Waals surface area contributed by atoms with Crippen LogP contribution in [0.4, 0.5) is 0 Å². The van der Waals surface area contributed by atoms with Gasteiger partial charge >= 0.3 is 0 Å². The van der Waals surface area contributed by atoms with Gasteiger partial charge in [0, 0.05) is 10.6 Å². The number of aliphatic hydroxyl groups is 2. The van der Waals surface area contributed by atoms with Crippen molar-refractivity contribution in [2.45, 2.75) is 37.2 Å². The molecule has 2 aromatic carbocycles. The highest BCUT2D eigenvalue weighted by Crippen LogP contribution is 2.52. The van der Waals surface area contributed by atoms with Crippen molar-refractivity contribution in [2.24, 2.45) is 0 Å². The summed E-state index contributed by atoms with van der Waals surface area (Å²) in [5.74, 6) is 0. The van der Waals surface area contributed by atoms with Crippen molar-refractivity contribution in [2.75, 3.05) is 59.5 Å². The van der Waals surface area contributed by atoms with Crippen LogP contribution in [0.3, 0.4) is 0 Å². The monoisotopic (exact) mass is 678 g/mol. The van der Waals surface area contributed by atoms with Gasteiger partial charge in [0.1, 0.15) is 18.3 Å². The summed E-state index contributed by atoms with van der Waals surface area (Å²) in [5.41, 5.74) is 0. The molecule has 3 aliphatic rings. The van der Waals surface area contributed by atoms with E-state index in [0.717, 1.165) is 0 Å². The summed E-state index contributed by atoms with van der Waals surface area (Å²) < 4.78 is 59.5. The van der Waals surface area contributed by atoms with Crippen LogP contribution in [0.1, 0.15) is 0 Å². The van der Waals surface area contributed by atoms with Crippen LogP contribution in [0.5, 0.6) is 0 Å². The fourth-order valence-corrected chi connectivity index (χ4v) is 9.68. The van der Waals surface area contributed by atoms with Gasteiger partial charge in [-0.15, -0.1) is 0 Å². The van der Waals surface area contributed by atoms with E-state index in [1.165, 1.54) is 0 Å². The molecular weight excluding hydrogens is 642 g/mol. The lowest BCUT2D eigenvalue weighted by Gasteiger charge is -2.30. The summed E-state index contributed by atoms with van der Waals surface area (Å²) in [6.07, 6.45) is -4.66. The predicted molar refractivity (Wildman–Crippen MR) is 163 cm³/mol. The Morgan fingerprint density at radius 2 is 0.907 bits per heavy atom. The van der Waals surface area contributed by atoms with E-state index in [9.17, 15) is 10.2 Å². The second-order valence-electron chi connectivity index (χ2n) is 9.92. The quantitative estimate of drug-likeness (QED) is 0.352. The van der Waals surface area contributed by atoms with Crippen LogP contribution in [0.2, 0.25) is 0 Å². The fourth-order valence-electron chi connectivity index (χ4n) is 4.25. The molecule has 238 valence electrons. The Balaban J connectivity index is 1.26. The van der Waals surface area contributed by atoms with E-state index in [0.29, 0.717) is 10.6 Å². The minimum absolute atomic E-state index is 0.0465. The first-order valence-corrected chi connectivity index (χ1v) is 19.1. The zero-order chi connectivity index (χ0) is 30.1. The maximum Gasteiger partial charge on any atom is 0.224 e. The van der Waals surface area contributed by atoms with E-state index in [-0.39, 0.29) is 59.5 Å². The maximum atomic E-state index is 9.87. The van der Waals surface area contributed by atoms with Crippen molar-refractivity contribution in [3.8, 4) is 0 Å². The van der Waals surface area contributed by atoms with Crippen LogP contribution < -0.4 is 10.6 Å². The Morgan fingerprint density at radius 3 is 1.37 bits per heavy atom. The molecule has 0 radical (unpaired) electrons. The van der Waals surface area contributed by atoms with Gasteiger partial charge in [-0.3, -0.25) is 13.6 Å². The Hall–Kier alpha value is -0.740. The van der Waals surface area contributed by atoms with Crippen molar-refractivity contribution < 1.29 is 56.7 Å². The van der Waals surface area contributed by atoms with E-state index >= 15 is 0 Å². The first-order valence-electron chi connectivity index (χ1n) is 13.8. The second kappa shape index (κ2) is 16.2. The fraction of sp³-hybridized carbons (Fsp3) is 0.556. The second-order valence-corrected chi connectivity index (χ2v) is 16.7. The topological polar surface area (TPSA) is 133 Å². The molecule has 5 rings (SSSR count). The molecular formula is C27H36O12P2S2. The molecule has 3 saturated heterocycles. The molecule has 0 amide bonds. The van der Waals surface area contributed by atoms with Crippen LogP contribution >= 0.6 is 13.0 Å². The van der Waals surface area contributed by atoms with Crippen LogP contribution in [0.25, 0.3) is 0 Å². The normalized spacial score (nSPS) is 32.0. The number of ether oxygens (including phenoxy) is 6. The zero-order valence-corrected chi connectivity index (χ0v) is 26.7. The van der Waals surface area contributed by atoms with Crippen molar-refractivity contribution >= 4 is 47.2 Å². The number of rotatable bonds is 10. The van der Waals surface area contributed by atoms with E-state index in [4.69, 9.17) is 70.1 Å². The molecule has 0 saturated carbocycles. The Bertz CT molecular complexity index is 1140. The van der Waals surface area contributed by atoms with Gasteiger partial charge in [0.25, 0.3) is 0 Å². The molecule has 3 heterocycles. The minimum Gasteiger partial charge on any atom is -0.388 e. The molecule has 8 atom stereocenters. The van der Waals surface area contributed by atoms with Crippen molar-refractivity contribution in [1.82, 2.24) is 0 Å². The predicted octanol–water partition coefficient (Wildman–Crippen LogP) is 1.53. The third-order valence-electron chi connectivity index (χ3n) is 6.30. The first kappa shape index (κ1) is 33.6. The Labute approximate surface area is 260 Å². The van der Waals surface area contributed by atoms with E-state index in [1.807, 2.05) is 60.7 Å². The number of aliphatic hydroxyl groups excluding tert-OH is 2. The molecule has 2 aromatic rings. The van der Waals surface area contributed by atoms with Gasteiger partial charge in [-0.05, 0) is 47.9 Å². The summed E-state index contributed by atoms with van der Waals surface area (Å²) in [7, 11) is 0.